The average molecular weight is 340 g/mol. The van der Waals surface area contributed by atoms with E-state index in [1.165, 1.54) is 11.1 Å². The number of halogens is 2. The van der Waals surface area contributed by atoms with Crippen LogP contribution in [0.5, 0.6) is 0 Å². The molecule has 0 fully saturated rings. The fourth-order valence-electron chi connectivity index (χ4n) is 1.49. The van der Waals surface area contributed by atoms with E-state index in [2.05, 4.69) is 49.6 Å². The van der Waals surface area contributed by atoms with Crippen LogP contribution in [0.2, 0.25) is 0 Å². The molecule has 0 atom stereocenters. The van der Waals surface area contributed by atoms with Gasteiger partial charge in [-0.3, -0.25) is 12.2 Å². The average Bonchev–Trinajstić information content (AvgIpc) is 2.92. The summed E-state index contributed by atoms with van der Waals surface area (Å²) >= 11 is 0. The van der Waals surface area contributed by atoms with E-state index in [0.29, 0.717) is 0 Å². The summed E-state index contributed by atoms with van der Waals surface area (Å²) in [4.78, 5) is 0. The molecule has 0 spiro atoms. The van der Waals surface area contributed by atoms with Crippen molar-refractivity contribution in [3.05, 3.63) is 72.9 Å². The zero-order valence-electron chi connectivity index (χ0n) is 11.0. The Morgan fingerprint density at radius 1 is 0.895 bits per heavy atom. The van der Waals surface area contributed by atoms with Gasteiger partial charge in [0.05, 0.1) is 0 Å². The summed E-state index contributed by atoms with van der Waals surface area (Å²) in [6.45, 7) is 7.26. The molecule has 0 heterocycles. The minimum atomic E-state index is 0. The zero-order valence-corrected chi connectivity index (χ0v) is 13.4. The molecule has 2 rings (SSSR count). The van der Waals surface area contributed by atoms with Crippen LogP contribution in [-0.4, -0.2) is 0 Å². The first-order valence-electron chi connectivity index (χ1n) is 5.61. The maximum Gasteiger partial charge on any atom is 4.00 e. The van der Waals surface area contributed by atoms with Crippen molar-refractivity contribution >= 4 is 0 Å². The Balaban J connectivity index is -0.000000233. The summed E-state index contributed by atoms with van der Waals surface area (Å²) in [5.74, 6) is 0. The van der Waals surface area contributed by atoms with Crippen LogP contribution in [0, 0.1) is 12.2 Å². The van der Waals surface area contributed by atoms with Crippen molar-refractivity contribution in [2.75, 3.05) is 0 Å². The van der Waals surface area contributed by atoms with Gasteiger partial charge in [-0.05, 0) is 12.8 Å². The SMILES string of the molecule is C=CCC1=[C-]CC=C1.C=CCC1=[C-]CC=C1.[F-].[F-].[Zr+4]. The molecule has 3 heteroatoms. The van der Waals surface area contributed by atoms with Crippen LogP contribution in [0.1, 0.15) is 25.7 Å². The second kappa shape index (κ2) is 15.2. The largest absolute Gasteiger partial charge is 4.00 e. The normalized spacial score (nSPS) is 13.7. The first kappa shape index (κ1) is 23.3. The van der Waals surface area contributed by atoms with Crippen LogP contribution >= 0.6 is 0 Å². The molecule has 0 saturated carbocycles. The zero-order chi connectivity index (χ0) is 11.6. The molecule has 0 nitrogen and oxygen atoms in total. The van der Waals surface area contributed by atoms with Gasteiger partial charge in [0.2, 0.25) is 0 Å². The van der Waals surface area contributed by atoms with Crippen molar-refractivity contribution in [2.24, 2.45) is 0 Å². The second-order valence-corrected chi connectivity index (χ2v) is 3.60. The third kappa shape index (κ3) is 10.8. The Labute approximate surface area is 134 Å². The van der Waals surface area contributed by atoms with E-state index in [9.17, 15) is 0 Å². The molecule has 0 aromatic rings. The van der Waals surface area contributed by atoms with E-state index >= 15 is 0 Å². The van der Waals surface area contributed by atoms with Crippen LogP contribution in [0.25, 0.3) is 0 Å². The Bertz CT molecular complexity index is 327. The monoisotopic (exact) mass is 338 g/mol. The molecule has 19 heavy (non-hydrogen) atoms. The van der Waals surface area contributed by atoms with Gasteiger partial charge in [0.1, 0.15) is 0 Å². The van der Waals surface area contributed by atoms with Crippen LogP contribution in [0.15, 0.2) is 60.8 Å². The molecule has 0 N–H and O–H groups in total. The molecule has 0 saturated heterocycles. The molecular weight excluding hydrogens is 321 g/mol. The Hall–Kier alpha value is -0.817. The second-order valence-electron chi connectivity index (χ2n) is 3.60. The van der Waals surface area contributed by atoms with Crippen molar-refractivity contribution in [3.8, 4) is 0 Å². The molecule has 0 radical (unpaired) electrons. The van der Waals surface area contributed by atoms with Gasteiger partial charge in [-0.15, -0.1) is 26.0 Å². The Kier molecular flexibility index (Phi) is 18.7. The maximum absolute atomic E-state index is 3.63. The molecule has 100 valence electrons. The van der Waals surface area contributed by atoms with E-state index in [1.54, 1.807) is 0 Å². The standard InChI is InChI=1S/2C8H9.2FH.Zr/c2*1-2-5-8-6-3-4-7-8;;;/h2*2-3,6H,1,4-5H2;2*1H;/q2*-1;;;+4/p-2. The predicted molar refractivity (Wildman–Crippen MR) is 70.7 cm³/mol. The van der Waals surface area contributed by atoms with Gasteiger partial charge in [0.15, 0.2) is 0 Å². The maximum atomic E-state index is 3.63. The molecule has 0 bridgehead atoms. The van der Waals surface area contributed by atoms with Gasteiger partial charge in [0, 0.05) is 0 Å². The van der Waals surface area contributed by atoms with Crippen LogP contribution < -0.4 is 9.41 Å². The molecule has 0 unspecified atom stereocenters. The number of rotatable bonds is 4. The molecule has 0 aliphatic heterocycles. The van der Waals surface area contributed by atoms with E-state index in [0.717, 1.165) is 25.7 Å². The van der Waals surface area contributed by atoms with Crippen LogP contribution in [-0.2, 0) is 26.2 Å². The first-order chi connectivity index (χ1) is 7.86. The van der Waals surface area contributed by atoms with Gasteiger partial charge in [0.25, 0.3) is 0 Å². The molecule has 2 aliphatic rings. The van der Waals surface area contributed by atoms with Gasteiger partial charge < -0.3 is 9.41 Å². The quantitative estimate of drug-likeness (QED) is 0.432. The number of allylic oxidation sites excluding steroid dienone is 10. The van der Waals surface area contributed by atoms with Crippen LogP contribution in [0.3, 0.4) is 0 Å². The summed E-state index contributed by atoms with van der Waals surface area (Å²) in [5, 5.41) is 0. The van der Waals surface area contributed by atoms with E-state index < -0.39 is 0 Å². The van der Waals surface area contributed by atoms with Crippen LogP contribution in [0.4, 0.5) is 0 Å². The van der Waals surface area contributed by atoms with E-state index in [1.807, 2.05) is 12.2 Å². The summed E-state index contributed by atoms with van der Waals surface area (Å²) in [6, 6.07) is 0. The molecule has 0 aromatic carbocycles. The van der Waals surface area contributed by atoms with E-state index in [-0.39, 0.29) is 35.6 Å². The van der Waals surface area contributed by atoms with Crippen molar-refractivity contribution in [1.82, 2.24) is 0 Å². The molecule has 0 amide bonds. The first-order valence-corrected chi connectivity index (χ1v) is 5.61. The molecular formula is C16H18F2Zr. The fraction of sp³-hybridized carbons (Fsp3) is 0.250. The smallest absolute Gasteiger partial charge is 1.00 e. The minimum absolute atomic E-state index is 0. The minimum Gasteiger partial charge on any atom is -1.00 e. The van der Waals surface area contributed by atoms with Crippen molar-refractivity contribution in [1.29, 1.82) is 0 Å². The summed E-state index contributed by atoms with van der Waals surface area (Å²) in [6.07, 6.45) is 22.5. The molecule has 2 aliphatic carbocycles. The van der Waals surface area contributed by atoms with E-state index in [4.69, 9.17) is 0 Å². The fourth-order valence-corrected chi connectivity index (χ4v) is 1.49. The third-order valence-electron chi connectivity index (χ3n) is 2.26. The molecule has 0 aromatic heterocycles. The summed E-state index contributed by atoms with van der Waals surface area (Å²) in [7, 11) is 0. The third-order valence-corrected chi connectivity index (χ3v) is 2.26. The summed E-state index contributed by atoms with van der Waals surface area (Å²) < 4.78 is 0. The topological polar surface area (TPSA) is 0 Å². The van der Waals surface area contributed by atoms with Crippen molar-refractivity contribution < 1.29 is 35.6 Å². The van der Waals surface area contributed by atoms with Gasteiger partial charge in [-0.25, -0.2) is 23.3 Å². The van der Waals surface area contributed by atoms with Gasteiger partial charge >= 0.3 is 26.2 Å². The van der Waals surface area contributed by atoms with Gasteiger partial charge in [-0.1, -0.05) is 12.2 Å². The number of hydrogen-bond donors (Lipinski definition) is 0. The predicted octanol–water partition coefficient (Wildman–Crippen LogP) is -1.49. The van der Waals surface area contributed by atoms with Crippen molar-refractivity contribution in [3.63, 3.8) is 0 Å². The summed E-state index contributed by atoms with van der Waals surface area (Å²) in [5.41, 5.74) is 2.56. The van der Waals surface area contributed by atoms with Crippen molar-refractivity contribution in [2.45, 2.75) is 25.7 Å². The Morgan fingerprint density at radius 3 is 1.47 bits per heavy atom. The number of hydrogen-bond acceptors (Lipinski definition) is 0. The Morgan fingerprint density at radius 2 is 1.26 bits per heavy atom. The van der Waals surface area contributed by atoms with Gasteiger partial charge in [-0.2, -0.15) is 12.2 Å².